The first-order valence-corrected chi connectivity index (χ1v) is 16.5. The van der Waals surface area contributed by atoms with Crippen LogP contribution in [0.25, 0.3) is 0 Å². The molecule has 1 atom stereocenters. The Balaban J connectivity index is 3.32. The monoisotopic (exact) mass is 296 g/mol. The largest absolute Gasteiger partial charge is 0.454 e. The lowest BCUT2D eigenvalue weighted by atomic mass is 10.4. The van der Waals surface area contributed by atoms with Crippen molar-refractivity contribution in [3.05, 3.63) is 30.3 Å². The van der Waals surface area contributed by atoms with Gasteiger partial charge in [0.1, 0.15) is 0 Å². The highest BCUT2D eigenvalue weighted by Gasteiger charge is 2.46. The molecule has 1 rings (SSSR count). The third-order valence-electron chi connectivity index (χ3n) is 3.42. The Morgan fingerprint density at radius 1 is 1.00 bits per heavy atom. The first kappa shape index (κ1) is 15.9. The van der Waals surface area contributed by atoms with E-state index in [1.54, 1.807) is 0 Å². The van der Waals surface area contributed by atoms with Crippen molar-refractivity contribution in [2.75, 3.05) is 0 Å². The Kier molecular flexibility index (Phi) is 5.17. The fraction of sp³-hybridized carbons (Fsp3) is 0.571. The molecule has 0 N–H and O–H groups in total. The third-order valence-corrected chi connectivity index (χ3v) is 21.1. The van der Waals surface area contributed by atoms with E-state index in [2.05, 4.69) is 76.9 Å². The molecule has 0 aliphatic heterocycles. The number of hydrogen-bond donors (Lipinski definition) is 0. The fourth-order valence-electron chi connectivity index (χ4n) is 2.83. The highest BCUT2D eigenvalue weighted by molar-refractivity contribution is 7.37. The van der Waals surface area contributed by atoms with Crippen LogP contribution in [0, 0.1) is 0 Å². The van der Waals surface area contributed by atoms with Gasteiger partial charge in [0.15, 0.2) is 16.2 Å². The lowest BCUT2D eigenvalue weighted by molar-refractivity contribution is 0.554. The molecule has 0 bridgehead atoms. The Hall–Kier alpha value is -0.169. The Morgan fingerprint density at radius 2 is 1.50 bits per heavy atom. The minimum absolute atomic E-state index is 0.665. The summed E-state index contributed by atoms with van der Waals surface area (Å²) in [5.41, 5.74) is 0.665. The van der Waals surface area contributed by atoms with Crippen molar-refractivity contribution in [3.63, 3.8) is 0 Å². The molecule has 0 aliphatic carbocycles. The van der Waals surface area contributed by atoms with Crippen molar-refractivity contribution < 1.29 is 4.12 Å². The van der Waals surface area contributed by atoms with Crippen LogP contribution in [0.3, 0.4) is 0 Å². The van der Waals surface area contributed by atoms with Crippen molar-refractivity contribution in [1.82, 2.24) is 0 Å². The van der Waals surface area contributed by atoms with E-state index in [0.29, 0.717) is 5.54 Å². The molecule has 0 heterocycles. The van der Waals surface area contributed by atoms with Gasteiger partial charge < -0.3 is 4.12 Å². The second kappa shape index (κ2) is 5.86. The zero-order chi connectivity index (χ0) is 14.0. The van der Waals surface area contributed by atoms with E-state index in [1.807, 2.05) is 0 Å². The second-order valence-corrected chi connectivity index (χ2v) is 23.4. The predicted octanol–water partition coefficient (Wildman–Crippen LogP) is 3.67. The lowest BCUT2D eigenvalue weighted by Crippen LogP contribution is -2.66. The molecule has 0 radical (unpaired) electrons. The highest BCUT2D eigenvalue weighted by Crippen LogP contribution is 2.28. The molecule has 18 heavy (non-hydrogen) atoms. The standard InChI is InChI=1S/C14H28OSi3/c1-13(2)18(16(3)4,15-17(5,6)7)14-11-9-8-10-12-14/h8-13,16H,1-7H3. The Bertz CT molecular complexity index is 360. The van der Waals surface area contributed by atoms with Crippen molar-refractivity contribution >= 4 is 29.7 Å². The minimum Gasteiger partial charge on any atom is -0.454 e. The van der Waals surface area contributed by atoms with Crippen LogP contribution in [0.2, 0.25) is 38.3 Å². The van der Waals surface area contributed by atoms with Crippen LogP contribution < -0.4 is 5.19 Å². The Labute approximate surface area is 116 Å². The molecule has 4 heteroatoms. The number of hydrogen-bond acceptors (Lipinski definition) is 1. The summed E-state index contributed by atoms with van der Waals surface area (Å²) in [4.78, 5) is 0. The zero-order valence-corrected chi connectivity index (χ0v) is 16.1. The summed E-state index contributed by atoms with van der Waals surface area (Å²) in [6, 6.07) is 11.1. The Morgan fingerprint density at radius 3 is 1.83 bits per heavy atom. The van der Waals surface area contributed by atoms with Gasteiger partial charge in [-0.3, -0.25) is 0 Å². The van der Waals surface area contributed by atoms with Gasteiger partial charge in [0.05, 0.1) is 8.31 Å². The molecular weight excluding hydrogens is 268 g/mol. The van der Waals surface area contributed by atoms with Gasteiger partial charge in [0.25, 0.3) is 0 Å². The van der Waals surface area contributed by atoms with E-state index >= 15 is 0 Å². The van der Waals surface area contributed by atoms with Gasteiger partial charge in [-0.1, -0.05) is 57.3 Å². The summed E-state index contributed by atoms with van der Waals surface area (Å²) >= 11 is 0. The molecule has 0 aliphatic rings. The highest BCUT2D eigenvalue weighted by atomic mass is 29.2. The van der Waals surface area contributed by atoms with Crippen LogP contribution in [0.4, 0.5) is 0 Å². The summed E-state index contributed by atoms with van der Waals surface area (Å²) < 4.78 is 6.87. The SMILES string of the molecule is CC(C)[Si](O[Si](C)(C)C)(c1ccccc1)[SiH](C)C. The molecule has 0 aromatic heterocycles. The fourth-order valence-corrected chi connectivity index (χ4v) is 24.5. The molecule has 0 saturated carbocycles. The zero-order valence-electron chi connectivity index (χ0n) is 12.9. The maximum atomic E-state index is 6.87. The average molecular weight is 297 g/mol. The number of rotatable bonds is 5. The van der Waals surface area contributed by atoms with Crippen molar-refractivity contribution in [3.8, 4) is 0 Å². The maximum Gasteiger partial charge on any atom is 0.196 e. The molecule has 0 saturated heterocycles. The van der Waals surface area contributed by atoms with E-state index in [4.69, 9.17) is 4.12 Å². The van der Waals surface area contributed by atoms with E-state index in [9.17, 15) is 0 Å². The van der Waals surface area contributed by atoms with Crippen LogP contribution in [0.5, 0.6) is 0 Å². The minimum atomic E-state index is -1.76. The van der Waals surface area contributed by atoms with Gasteiger partial charge in [-0.2, -0.15) is 0 Å². The topological polar surface area (TPSA) is 9.23 Å². The molecular formula is C14H28OSi3. The van der Waals surface area contributed by atoms with Crippen molar-refractivity contribution in [2.45, 2.75) is 52.1 Å². The smallest absolute Gasteiger partial charge is 0.196 e. The van der Waals surface area contributed by atoms with E-state index in [-0.39, 0.29) is 0 Å². The van der Waals surface area contributed by atoms with Crippen LogP contribution in [0.15, 0.2) is 30.3 Å². The summed E-state index contributed by atoms with van der Waals surface area (Å²) in [6.07, 6.45) is 0. The van der Waals surface area contributed by atoms with E-state index in [1.165, 1.54) is 5.19 Å². The summed E-state index contributed by atoms with van der Waals surface area (Å²) in [7, 11) is -4.12. The molecule has 0 spiro atoms. The van der Waals surface area contributed by atoms with Crippen molar-refractivity contribution in [2.24, 2.45) is 0 Å². The van der Waals surface area contributed by atoms with Gasteiger partial charge in [0, 0.05) is 0 Å². The first-order valence-electron chi connectivity index (χ1n) is 6.96. The van der Waals surface area contributed by atoms with Crippen LogP contribution in [-0.4, -0.2) is 24.5 Å². The molecule has 0 amide bonds. The van der Waals surface area contributed by atoms with Gasteiger partial charge >= 0.3 is 0 Å². The van der Waals surface area contributed by atoms with Gasteiger partial charge in [0.2, 0.25) is 0 Å². The molecule has 102 valence electrons. The molecule has 1 nitrogen and oxygen atoms in total. The summed E-state index contributed by atoms with van der Waals surface area (Å²) in [5, 5.41) is 1.52. The molecule has 0 fully saturated rings. The predicted molar refractivity (Wildman–Crippen MR) is 90.2 cm³/mol. The second-order valence-electron chi connectivity index (χ2n) is 6.68. The van der Waals surface area contributed by atoms with E-state index < -0.39 is 24.5 Å². The maximum absolute atomic E-state index is 6.87. The van der Waals surface area contributed by atoms with E-state index in [0.717, 1.165) is 0 Å². The van der Waals surface area contributed by atoms with Gasteiger partial charge in [-0.05, 0) is 30.4 Å². The molecule has 1 unspecified atom stereocenters. The third kappa shape index (κ3) is 3.44. The van der Waals surface area contributed by atoms with Gasteiger partial charge in [-0.25, -0.2) is 0 Å². The quantitative estimate of drug-likeness (QED) is 0.753. The first-order chi connectivity index (χ1) is 8.20. The molecule has 1 aromatic rings. The van der Waals surface area contributed by atoms with Crippen LogP contribution in [-0.2, 0) is 4.12 Å². The average Bonchev–Trinajstić information content (AvgIpc) is 2.25. The normalized spacial score (nSPS) is 16.1. The molecule has 1 aromatic carbocycles. The summed E-state index contributed by atoms with van der Waals surface area (Å²) in [5.74, 6) is 0. The lowest BCUT2D eigenvalue weighted by Gasteiger charge is -2.43. The van der Waals surface area contributed by atoms with Crippen LogP contribution in [0.1, 0.15) is 13.8 Å². The number of benzene rings is 1. The summed E-state index contributed by atoms with van der Waals surface area (Å²) in [6.45, 7) is 16.7. The van der Waals surface area contributed by atoms with Gasteiger partial charge in [-0.15, -0.1) is 0 Å². The van der Waals surface area contributed by atoms with Crippen LogP contribution >= 0.6 is 0 Å². The van der Waals surface area contributed by atoms with Crippen molar-refractivity contribution in [1.29, 1.82) is 0 Å².